The van der Waals surface area contributed by atoms with Crippen molar-refractivity contribution in [1.82, 2.24) is 4.90 Å². The van der Waals surface area contributed by atoms with E-state index < -0.39 is 0 Å². The first-order chi connectivity index (χ1) is 8.40. The topological polar surface area (TPSA) is 37.4 Å². The van der Waals surface area contributed by atoms with Gasteiger partial charge in [-0.25, -0.2) is 0 Å². The number of hydrogen-bond donors (Lipinski definition) is 0. The summed E-state index contributed by atoms with van der Waals surface area (Å²) in [6.45, 7) is 4.75. The molecule has 1 amide bonds. The van der Waals surface area contributed by atoms with Crippen LogP contribution in [0.4, 0.5) is 0 Å². The molecule has 1 aliphatic heterocycles. The number of ketones is 1. The van der Waals surface area contributed by atoms with E-state index in [0.29, 0.717) is 12.1 Å². The van der Waals surface area contributed by atoms with Crippen LogP contribution >= 0.6 is 15.9 Å². The molecule has 1 aromatic rings. The van der Waals surface area contributed by atoms with Crippen LogP contribution in [0.3, 0.4) is 0 Å². The molecule has 0 aliphatic carbocycles. The minimum atomic E-state index is -0.295. The van der Waals surface area contributed by atoms with Crippen LogP contribution in [-0.2, 0) is 4.79 Å². The minimum absolute atomic E-state index is 0.0636. The lowest BCUT2D eigenvalue weighted by Crippen LogP contribution is -2.47. The number of carbonyl (C=O) groups is 2. The maximum Gasteiger partial charge on any atom is 0.254 e. The van der Waals surface area contributed by atoms with Crippen LogP contribution in [0.15, 0.2) is 28.7 Å². The van der Waals surface area contributed by atoms with Gasteiger partial charge in [-0.05, 0) is 30.7 Å². The van der Waals surface area contributed by atoms with Gasteiger partial charge in [0.25, 0.3) is 5.91 Å². The highest BCUT2D eigenvalue weighted by atomic mass is 79.9. The maximum atomic E-state index is 12.2. The zero-order valence-electron chi connectivity index (χ0n) is 10.6. The van der Waals surface area contributed by atoms with E-state index in [9.17, 15) is 9.59 Å². The summed E-state index contributed by atoms with van der Waals surface area (Å²) in [7, 11) is 0. The van der Waals surface area contributed by atoms with Gasteiger partial charge in [-0.1, -0.05) is 29.8 Å². The Hall–Kier alpha value is -1.16. The third-order valence-electron chi connectivity index (χ3n) is 3.47. The van der Waals surface area contributed by atoms with Crippen molar-refractivity contribution in [3.05, 3.63) is 34.3 Å². The van der Waals surface area contributed by atoms with Crippen molar-refractivity contribution < 1.29 is 9.59 Å². The van der Waals surface area contributed by atoms with E-state index in [0.717, 1.165) is 10.9 Å². The highest BCUT2D eigenvalue weighted by Crippen LogP contribution is 2.27. The van der Waals surface area contributed by atoms with Crippen LogP contribution in [0.5, 0.6) is 0 Å². The summed E-state index contributed by atoms with van der Waals surface area (Å²) in [5.74, 6) is 0.0746. The lowest BCUT2D eigenvalue weighted by molar-refractivity contribution is -0.130. The van der Waals surface area contributed by atoms with Crippen molar-refractivity contribution in [2.24, 2.45) is 5.41 Å². The molecule has 0 radical (unpaired) electrons. The molecule has 0 bridgehead atoms. The minimum Gasteiger partial charge on any atom is -0.331 e. The first-order valence-electron chi connectivity index (χ1n) is 5.98. The molecule has 18 heavy (non-hydrogen) atoms. The van der Waals surface area contributed by atoms with Gasteiger partial charge in [0.05, 0.1) is 6.54 Å². The fourth-order valence-electron chi connectivity index (χ4n) is 1.97. The third-order valence-corrected chi connectivity index (χ3v) is 4.00. The highest BCUT2D eigenvalue weighted by molar-refractivity contribution is 9.10. The molecule has 96 valence electrons. The molecular formula is C14H16BrNO2. The zero-order valence-corrected chi connectivity index (χ0v) is 12.2. The molecule has 1 aliphatic rings. The fraction of sp³-hybridized carbons (Fsp3) is 0.429. The SMILES string of the molecule is CC1(C)CCN(C(=O)c2ccc(Br)cc2)CC1=O. The fourth-order valence-corrected chi connectivity index (χ4v) is 2.23. The molecule has 0 saturated carbocycles. The van der Waals surface area contributed by atoms with E-state index in [-0.39, 0.29) is 23.7 Å². The molecular weight excluding hydrogens is 294 g/mol. The predicted octanol–water partition coefficient (Wildman–Crippen LogP) is 2.89. The standard InChI is InChI=1S/C14H16BrNO2/c1-14(2)7-8-16(9-12(14)17)13(18)10-3-5-11(15)6-4-10/h3-6H,7-9H2,1-2H3. The first-order valence-corrected chi connectivity index (χ1v) is 6.77. The van der Waals surface area contributed by atoms with E-state index in [1.54, 1.807) is 17.0 Å². The Labute approximate surface area is 115 Å². The Morgan fingerprint density at radius 2 is 1.89 bits per heavy atom. The van der Waals surface area contributed by atoms with Gasteiger partial charge < -0.3 is 4.90 Å². The Bertz CT molecular complexity index is 479. The largest absolute Gasteiger partial charge is 0.331 e. The monoisotopic (exact) mass is 309 g/mol. The Balaban J connectivity index is 2.12. The number of halogens is 1. The van der Waals surface area contributed by atoms with Crippen molar-refractivity contribution >= 4 is 27.6 Å². The maximum absolute atomic E-state index is 12.2. The van der Waals surface area contributed by atoms with Crippen molar-refractivity contribution in [3.8, 4) is 0 Å². The Morgan fingerprint density at radius 1 is 1.28 bits per heavy atom. The molecule has 2 rings (SSSR count). The number of rotatable bonds is 1. The molecule has 4 heteroatoms. The van der Waals surface area contributed by atoms with Gasteiger partial charge in [0.1, 0.15) is 0 Å². The van der Waals surface area contributed by atoms with Crippen LogP contribution in [0, 0.1) is 5.41 Å². The van der Waals surface area contributed by atoms with Crippen LogP contribution in [0.25, 0.3) is 0 Å². The average Bonchev–Trinajstić information content (AvgIpc) is 2.33. The lowest BCUT2D eigenvalue weighted by Gasteiger charge is -2.35. The van der Waals surface area contributed by atoms with E-state index in [2.05, 4.69) is 15.9 Å². The van der Waals surface area contributed by atoms with Gasteiger partial charge in [-0.2, -0.15) is 0 Å². The van der Waals surface area contributed by atoms with Crippen LogP contribution in [-0.4, -0.2) is 29.7 Å². The van der Waals surface area contributed by atoms with Crippen molar-refractivity contribution in [2.75, 3.05) is 13.1 Å². The second-order valence-electron chi connectivity index (χ2n) is 5.29. The van der Waals surface area contributed by atoms with Gasteiger partial charge in [0.15, 0.2) is 5.78 Å². The smallest absolute Gasteiger partial charge is 0.254 e. The number of hydrogen-bond acceptors (Lipinski definition) is 2. The van der Waals surface area contributed by atoms with E-state index in [4.69, 9.17) is 0 Å². The number of carbonyl (C=O) groups excluding carboxylic acids is 2. The second-order valence-corrected chi connectivity index (χ2v) is 6.21. The number of benzene rings is 1. The second kappa shape index (κ2) is 4.84. The summed E-state index contributed by atoms with van der Waals surface area (Å²) in [4.78, 5) is 25.8. The van der Waals surface area contributed by atoms with Crippen molar-refractivity contribution in [3.63, 3.8) is 0 Å². The lowest BCUT2D eigenvalue weighted by atomic mass is 9.81. The first kappa shape index (κ1) is 13.3. The van der Waals surface area contributed by atoms with E-state index in [1.165, 1.54) is 0 Å². The van der Waals surface area contributed by atoms with Gasteiger partial charge in [0.2, 0.25) is 0 Å². The molecule has 3 nitrogen and oxygen atoms in total. The van der Waals surface area contributed by atoms with Gasteiger partial charge >= 0.3 is 0 Å². The van der Waals surface area contributed by atoms with Crippen molar-refractivity contribution in [2.45, 2.75) is 20.3 Å². The van der Waals surface area contributed by atoms with Crippen LogP contribution in [0.1, 0.15) is 30.6 Å². The number of piperidine rings is 1. The molecule has 0 N–H and O–H groups in total. The van der Waals surface area contributed by atoms with E-state index in [1.807, 2.05) is 26.0 Å². The normalized spacial score (nSPS) is 18.8. The summed E-state index contributed by atoms with van der Waals surface area (Å²) < 4.78 is 0.940. The zero-order chi connectivity index (χ0) is 13.3. The summed E-state index contributed by atoms with van der Waals surface area (Å²) in [6.07, 6.45) is 0.730. The van der Waals surface area contributed by atoms with Gasteiger partial charge in [0, 0.05) is 22.0 Å². The molecule has 0 spiro atoms. The summed E-state index contributed by atoms with van der Waals surface area (Å²) in [6, 6.07) is 7.22. The summed E-state index contributed by atoms with van der Waals surface area (Å²) >= 11 is 3.34. The third kappa shape index (κ3) is 2.64. The summed E-state index contributed by atoms with van der Waals surface area (Å²) in [5, 5.41) is 0. The number of likely N-dealkylation sites (tertiary alicyclic amines) is 1. The Kier molecular flexibility index (Phi) is 3.57. The predicted molar refractivity (Wildman–Crippen MR) is 73.5 cm³/mol. The Morgan fingerprint density at radius 3 is 2.44 bits per heavy atom. The molecule has 0 atom stereocenters. The van der Waals surface area contributed by atoms with Crippen LogP contribution in [0.2, 0.25) is 0 Å². The average molecular weight is 310 g/mol. The molecule has 0 unspecified atom stereocenters. The molecule has 1 heterocycles. The molecule has 1 aromatic carbocycles. The molecule has 1 fully saturated rings. The van der Waals surface area contributed by atoms with Gasteiger partial charge in [-0.3, -0.25) is 9.59 Å². The highest BCUT2D eigenvalue weighted by Gasteiger charge is 2.35. The van der Waals surface area contributed by atoms with Crippen LogP contribution < -0.4 is 0 Å². The van der Waals surface area contributed by atoms with E-state index >= 15 is 0 Å². The number of amides is 1. The summed E-state index contributed by atoms with van der Waals surface area (Å²) in [5.41, 5.74) is 0.335. The van der Waals surface area contributed by atoms with Gasteiger partial charge in [-0.15, -0.1) is 0 Å². The number of nitrogens with zero attached hydrogens (tertiary/aromatic N) is 1. The van der Waals surface area contributed by atoms with Crippen molar-refractivity contribution in [1.29, 1.82) is 0 Å². The molecule has 1 saturated heterocycles. The molecule has 0 aromatic heterocycles. The quantitative estimate of drug-likeness (QED) is 0.800. The number of Topliss-reactive ketones (excluding diaryl/α,β-unsaturated/α-hetero) is 1.